The van der Waals surface area contributed by atoms with Crippen molar-refractivity contribution in [2.45, 2.75) is 62.4 Å². The molecule has 34 heavy (non-hydrogen) atoms. The summed E-state index contributed by atoms with van der Waals surface area (Å²) in [6.07, 6.45) is 17.7. The van der Waals surface area contributed by atoms with Crippen LogP contribution in [0.5, 0.6) is 0 Å². The van der Waals surface area contributed by atoms with Gasteiger partial charge >= 0.3 is 201 Å². The Bertz CT molecular complexity index is 1280. The molecule has 0 N–H and O–H groups in total. The van der Waals surface area contributed by atoms with Crippen molar-refractivity contribution in [3.8, 4) is 11.1 Å². The summed E-state index contributed by atoms with van der Waals surface area (Å²) < 4.78 is 4.05. The summed E-state index contributed by atoms with van der Waals surface area (Å²) in [7, 11) is 0. The Labute approximate surface area is 224 Å². The molecule has 0 nitrogen and oxygen atoms in total. The van der Waals surface area contributed by atoms with Gasteiger partial charge in [0.05, 0.1) is 0 Å². The van der Waals surface area contributed by atoms with Crippen LogP contribution in [0.1, 0.15) is 85.0 Å². The molecule has 0 radical (unpaired) electrons. The molecule has 4 aliphatic carbocycles. The third-order valence-corrected chi connectivity index (χ3v) is 16.3. The molecule has 0 atom stereocenters. The first-order chi connectivity index (χ1) is 15.2. The quantitative estimate of drug-likeness (QED) is 0.522. The maximum Gasteiger partial charge on any atom is -1.00 e. The van der Waals surface area contributed by atoms with Gasteiger partial charge in [-0.3, -0.25) is 0 Å². The molecule has 4 aliphatic rings. The summed E-state index contributed by atoms with van der Waals surface area (Å²) in [4.78, 5) is 0. The SMILES string of the molecule is C[C](C)=[Zr+2]([C]1=CC=CC1)[CH]1c2cc3c(cc2-c2cc4c(cc21)C(C)(C)C=C4)C=CC3(C)C.[Cl-].[Cl-]. The van der Waals surface area contributed by atoms with Gasteiger partial charge in [-0.1, -0.05) is 0 Å². The monoisotopic (exact) mass is 564 g/mol. The van der Waals surface area contributed by atoms with Crippen LogP contribution in [0.4, 0.5) is 0 Å². The summed E-state index contributed by atoms with van der Waals surface area (Å²) in [5.74, 6) is 0. The summed E-state index contributed by atoms with van der Waals surface area (Å²) in [6, 6.07) is 10.2. The molecule has 0 fully saturated rings. The Morgan fingerprint density at radius 3 is 1.71 bits per heavy atom. The molecule has 0 bridgehead atoms. The van der Waals surface area contributed by atoms with Crippen LogP contribution < -0.4 is 24.8 Å². The molecule has 174 valence electrons. The van der Waals surface area contributed by atoms with E-state index in [4.69, 9.17) is 0 Å². The van der Waals surface area contributed by atoms with E-state index in [1.807, 2.05) is 0 Å². The first-order valence-electron chi connectivity index (χ1n) is 12.0. The standard InChI is InChI=1S/C23H21.C5H5.C3H6.2ClH.Zr/c1-22(2)7-5-14-10-18-16(12-20(14)22)9-17-13-21-15(11-19(17)18)6-8-23(21,3)4;1-2-4-5-3-1;1-3-2;;;/h5-13H,1-4H3;1-3H,4H2;1-2H3;2*1H;/q;;;;;+2/p-2. The predicted octanol–water partition coefficient (Wildman–Crippen LogP) is 2.05. The van der Waals surface area contributed by atoms with Crippen molar-refractivity contribution in [1.29, 1.82) is 0 Å². The fourth-order valence-corrected chi connectivity index (χ4v) is 14.4. The number of benzene rings is 2. The molecule has 2 aromatic carbocycles. The molecular formula is C31H32Cl2Zr. The van der Waals surface area contributed by atoms with Crippen LogP contribution in [-0.2, 0) is 32.1 Å². The Morgan fingerprint density at radius 1 is 0.794 bits per heavy atom. The van der Waals surface area contributed by atoms with Crippen molar-refractivity contribution < 1.29 is 46.1 Å². The molecule has 0 heterocycles. The van der Waals surface area contributed by atoms with Crippen LogP contribution in [0.3, 0.4) is 0 Å². The summed E-state index contributed by atoms with van der Waals surface area (Å²) in [6.45, 7) is 14.3. The topological polar surface area (TPSA) is 0 Å². The van der Waals surface area contributed by atoms with Crippen LogP contribution in [-0.4, -0.2) is 3.21 Å². The summed E-state index contributed by atoms with van der Waals surface area (Å²) in [5, 5.41) is 0. The summed E-state index contributed by atoms with van der Waals surface area (Å²) in [5.41, 5.74) is 12.3. The molecule has 0 unspecified atom stereocenters. The van der Waals surface area contributed by atoms with E-state index >= 15 is 0 Å². The van der Waals surface area contributed by atoms with E-state index in [0.717, 1.165) is 6.42 Å². The van der Waals surface area contributed by atoms with E-state index < -0.39 is 21.3 Å². The van der Waals surface area contributed by atoms with Crippen molar-refractivity contribution in [2.24, 2.45) is 0 Å². The van der Waals surface area contributed by atoms with Crippen LogP contribution in [0, 0.1) is 0 Å². The Balaban J connectivity index is 0.00000137. The molecule has 0 aromatic heterocycles. The van der Waals surface area contributed by atoms with Crippen molar-refractivity contribution in [1.82, 2.24) is 0 Å². The number of hydrogen-bond donors (Lipinski definition) is 0. The predicted molar refractivity (Wildman–Crippen MR) is 136 cm³/mol. The minimum Gasteiger partial charge on any atom is -1.00 e. The van der Waals surface area contributed by atoms with Crippen molar-refractivity contribution in [3.05, 3.63) is 91.3 Å². The first kappa shape index (κ1) is 25.8. The maximum atomic E-state index is 2.61. The third-order valence-electron chi connectivity index (χ3n) is 8.05. The van der Waals surface area contributed by atoms with Gasteiger partial charge in [-0.2, -0.15) is 0 Å². The fraction of sp³-hybridized carbons (Fsp3) is 0.323. The van der Waals surface area contributed by atoms with E-state index in [9.17, 15) is 0 Å². The van der Waals surface area contributed by atoms with Crippen molar-refractivity contribution in [2.75, 3.05) is 0 Å². The Morgan fingerprint density at radius 2 is 1.29 bits per heavy atom. The molecule has 0 amide bonds. The number of fused-ring (bicyclic) bond motifs is 5. The molecule has 0 saturated heterocycles. The minimum atomic E-state index is -2.10. The molecular weight excluding hydrogens is 534 g/mol. The third kappa shape index (κ3) is 3.70. The second-order valence-electron chi connectivity index (χ2n) is 11.3. The van der Waals surface area contributed by atoms with Crippen molar-refractivity contribution >= 4 is 15.4 Å². The molecule has 3 heteroatoms. The zero-order valence-corrected chi connectivity index (χ0v) is 24.9. The van der Waals surface area contributed by atoms with Gasteiger partial charge in [-0.15, -0.1) is 0 Å². The number of rotatable bonds is 2. The average Bonchev–Trinajstić information content (AvgIpc) is 3.48. The average molecular weight is 567 g/mol. The van der Waals surface area contributed by atoms with Crippen LogP contribution >= 0.6 is 0 Å². The summed E-state index contributed by atoms with van der Waals surface area (Å²) >= 11 is -2.10. The van der Waals surface area contributed by atoms with E-state index in [1.165, 1.54) is 33.4 Å². The van der Waals surface area contributed by atoms with Crippen LogP contribution in [0.25, 0.3) is 23.3 Å². The van der Waals surface area contributed by atoms with Gasteiger partial charge in [-0.05, 0) is 0 Å². The molecule has 0 aliphatic heterocycles. The van der Waals surface area contributed by atoms with Gasteiger partial charge in [0.2, 0.25) is 0 Å². The van der Waals surface area contributed by atoms with Crippen molar-refractivity contribution in [3.63, 3.8) is 0 Å². The first-order valence-corrected chi connectivity index (χ1v) is 15.8. The molecule has 6 rings (SSSR count). The normalized spacial score (nSPS) is 18.8. The number of allylic oxidation sites excluding steroid dienone is 6. The second-order valence-corrected chi connectivity index (χ2v) is 18.8. The zero-order valence-electron chi connectivity index (χ0n) is 20.9. The van der Waals surface area contributed by atoms with Gasteiger partial charge < -0.3 is 24.8 Å². The second kappa shape index (κ2) is 8.69. The van der Waals surface area contributed by atoms with E-state index in [0.29, 0.717) is 3.63 Å². The zero-order chi connectivity index (χ0) is 22.4. The Hall–Kier alpha value is -1.27. The van der Waals surface area contributed by atoms with E-state index in [-0.39, 0.29) is 35.6 Å². The molecule has 0 saturated carbocycles. The van der Waals surface area contributed by atoms with Gasteiger partial charge in [0.25, 0.3) is 0 Å². The van der Waals surface area contributed by atoms with Gasteiger partial charge in [0, 0.05) is 0 Å². The Kier molecular flexibility index (Phi) is 6.60. The smallest absolute Gasteiger partial charge is 1.00 e. The fourth-order valence-electron chi connectivity index (χ4n) is 6.30. The van der Waals surface area contributed by atoms with E-state index in [2.05, 4.69) is 108 Å². The molecule has 0 spiro atoms. The van der Waals surface area contributed by atoms with E-state index in [1.54, 1.807) is 17.6 Å². The maximum absolute atomic E-state index is 2.61. The van der Waals surface area contributed by atoms with Gasteiger partial charge in [0.15, 0.2) is 0 Å². The largest absolute Gasteiger partial charge is 1.00 e. The van der Waals surface area contributed by atoms with Crippen LogP contribution in [0.2, 0.25) is 0 Å². The number of halogens is 2. The van der Waals surface area contributed by atoms with Gasteiger partial charge in [0.1, 0.15) is 0 Å². The number of hydrogen-bond acceptors (Lipinski definition) is 0. The molecule has 2 aromatic rings. The minimum absolute atomic E-state index is 0. The van der Waals surface area contributed by atoms with Crippen LogP contribution in [0.15, 0.2) is 57.9 Å². The van der Waals surface area contributed by atoms with Gasteiger partial charge in [-0.25, -0.2) is 0 Å².